The van der Waals surface area contributed by atoms with E-state index in [0.717, 1.165) is 5.56 Å². The van der Waals surface area contributed by atoms with Crippen LogP contribution in [0.2, 0.25) is 10.0 Å². The summed E-state index contributed by atoms with van der Waals surface area (Å²) in [6.07, 6.45) is -0.253. The molecule has 1 amide bonds. The smallest absolute Gasteiger partial charge is 0.343 e. The Morgan fingerprint density at radius 2 is 1.82 bits per heavy atom. The first kappa shape index (κ1) is 26.5. The number of nitrogens with one attached hydrogen (secondary N) is 1. The lowest BCUT2D eigenvalue weighted by molar-refractivity contribution is -0.121. The van der Waals surface area contributed by atoms with E-state index in [2.05, 4.69) is 5.32 Å². The summed E-state index contributed by atoms with van der Waals surface area (Å²) in [5.74, 6) is -0.604. The predicted octanol–water partition coefficient (Wildman–Crippen LogP) is 5.39. The van der Waals surface area contributed by atoms with Gasteiger partial charge in [-0.2, -0.15) is 0 Å². The zero-order valence-electron chi connectivity index (χ0n) is 20.9. The van der Waals surface area contributed by atoms with Gasteiger partial charge in [0.15, 0.2) is 11.5 Å². The molecule has 202 valence electrons. The highest BCUT2D eigenvalue weighted by molar-refractivity contribution is 6.42. The van der Waals surface area contributed by atoms with Crippen molar-refractivity contribution in [3.63, 3.8) is 0 Å². The summed E-state index contributed by atoms with van der Waals surface area (Å²) in [7, 11) is 2.88. The van der Waals surface area contributed by atoms with Crippen molar-refractivity contribution < 1.29 is 33.3 Å². The van der Waals surface area contributed by atoms with E-state index >= 15 is 0 Å². The highest BCUT2D eigenvalue weighted by Gasteiger charge is 2.35. The lowest BCUT2D eigenvalue weighted by atomic mass is 9.86. The lowest BCUT2D eigenvalue weighted by Crippen LogP contribution is -2.27. The maximum Gasteiger partial charge on any atom is 0.343 e. The number of ether oxygens (including phenoxy) is 4. The van der Waals surface area contributed by atoms with Gasteiger partial charge in [-0.05, 0) is 35.9 Å². The predicted molar refractivity (Wildman–Crippen MR) is 145 cm³/mol. The summed E-state index contributed by atoms with van der Waals surface area (Å²) in [4.78, 5) is 26.6. The average molecular weight is 572 g/mol. The fourth-order valence-corrected chi connectivity index (χ4v) is 4.91. The Bertz CT molecular complexity index is 1630. The number of halogens is 2. The Morgan fingerprint density at radius 1 is 1.05 bits per heavy atom. The Morgan fingerprint density at radius 3 is 2.56 bits per heavy atom. The molecule has 3 aromatic carbocycles. The van der Waals surface area contributed by atoms with Crippen LogP contribution in [0, 0.1) is 0 Å². The van der Waals surface area contributed by atoms with E-state index < -0.39 is 17.5 Å². The number of amides is 1. The number of aromatic hydroxyl groups is 1. The molecule has 2 heterocycles. The van der Waals surface area contributed by atoms with Gasteiger partial charge in [0, 0.05) is 24.4 Å². The van der Waals surface area contributed by atoms with Crippen LogP contribution < -0.4 is 29.9 Å². The minimum absolute atomic E-state index is 0.0658. The number of rotatable bonds is 8. The fraction of sp³-hybridized carbons (Fsp3) is 0.214. The van der Waals surface area contributed by atoms with Crippen molar-refractivity contribution in [1.29, 1.82) is 0 Å². The van der Waals surface area contributed by atoms with Gasteiger partial charge in [-0.1, -0.05) is 41.4 Å². The zero-order valence-corrected chi connectivity index (χ0v) is 22.4. The Kier molecular flexibility index (Phi) is 7.45. The number of carbonyl (C=O) groups excluding carboxylic acids is 1. The van der Waals surface area contributed by atoms with Crippen LogP contribution in [0.4, 0.5) is 0 Å². The molecule has 5 rings (SSSR count). The first-order chi connectivity index (χ1) is 18.8. The maximum atomic E-state index is 13.3. The van der Waals surface area contributed by atoms with Gasteiger partial charge in [-0.3, -0.25) is 4.79 Å². The largest absolute Gasteiger partial charge is 0.507 e. The second-order valence-electron chi connectivity index (χ2n) is 8.70. The van der Waals surface area contributed by atoms with Crippen LogP contribution in [0.3, 0.4) is 0 Å². The van der Waals surface area contributed by atoms with Crippen molar-refractivity contribution in [2.75, 3.05) is 21.0 Å². The molecule has 4 aromatic rings. The van der Waals surface area contributed by atoms with Crippen molar-refractivity contribution in [3.8, 4) is 28.7 Å². The van der Waals surface area contributed by atoms with E-state index in [9.17, 15) is 14.7 Å². The van der Waals surface area contributed by atoms with Crippen LogP contribution in [0.15, 0.2) is 57.7 Å². The second kappa shape index (κ2) is 11.0. The van der Waals surface area contributed by atoms with Gasteiger partial charge in [0.25, 0.3) is 0 Å². The normalized spacial score (nSPS) is 12.8. The number of fused-ring (bicyclic) bond motifs is 2. The molecule has 0 spiro atoms. The van der Waals surface area contributed by atoms with Crippen LogP contribution in [-0.4, -0.2) is 32.0 Å². The molecule has 1 aliphatic heterocycles. The van der Waals surface area contributed by atoms with Crippen molar-refractivity contribution in [3.05, 3.63) is 85.7 Å². The molecule has 1 atom stereocenters. The third kappa shape index (κ3) is 5.03. The topological polar surface area (TPSA) is 116 Å². The van der Waals surface area contributed by atoms with Gasteiger partial charge in [-0.25, -0.2) is 4.79 Å². The molecule has 1 aliphatic rings. The zero-order chi connectivity index (χ0) is 27.7. The van der Waals surface area contributed by atoms with E-state index in [1.165, 1.54) is 14.2 Å². The Balaban J connectivity index is 1.60. The van der Waals surface area contributed by atoms with Crippen LogP contribution in [0.1, 0.15) is 29.0 Å². The molecule has 0 saturated heterocycles. The highest BCUT2D eigenvalue weighted by atomic mass is 35.5. The van der Waals surface area contributed by atoms with Gasteiger partial charge in [0.05, 0.1) is 35.2 Å². The molecular formula is C28H23Cl2NO8. The van der Waals surface area contributed by atoms with Gasteiger partial charge < -0.3 is 33.8 Å². The Hall–Kier alpha value is -4.08. The van der Waals surface area contributed by atoms with Crippen LogP contribution in [0.5, 0.6) is 28.7 Å². The average Bonchev–Trinajstić information content (AvgIpc) is 3.42. The lowest BCUT2D eigenvalue weighted by Gasteiger charge is -2.22. The van der Waals surface area contributed by atoms with Gasteiger partial charge in [0.2, 0.25) is 24.2 Å². The monoisotopic (exact) mass is 571 g/mol. The van der Waals surface area contributed by atoms with Gasteiger partial charge >= 0.3 is 5.63 Å². The molecule has 0 radical (unpaired) electrons. The molecule has 39 heavy (non-hydrogen) atoms. The summed E-state index contributed by atoms with van der Waals surface area (Å²) >= 11 is 12.1. The standard InChI is InChI=1S/C28H23Cl2NO8/c1-35-21-10-17(25(36-2)27-26(21)37-13-38-27)16(11-22(32)31-12-14-7-8-18(29)19(30)9-14)23-24(33)15-5-3-4-6-20(15)39-28(23)34/h3-10,16,33H,11-13H2,1-2H3,(H,31,32). The fourth-order valence-electron chi connectivity index (χ4n) is 4.59. The molecular weight excluding hydrogens is 549 g/mol. The molecule has 0 saturated carbocycles. The summed E-state index contributed by atoms with van der Waals surface area (Å²) in [5, 5.41) is 15.2. The highest BCUT2D eigenvalue weighted by Crippen LogP contribution is 2.53. The number of hydrogen-bond acceptors (Lipinski definition) is 8. The summed E-state index contributed by atoms with van der Waals surface area (Å²) < 4.78 is 27.9. The summed E-state index contributed by atoms with van der Waals surface area (Å²) in [5.41, 5.74) is 0.387. The summed E-state index contributed by atoms with van der Waals surface area (Å²) in [6, 6.07) is 13.2. The SMILES string of the molecule is COc1cc(C(CC(=O)NCc2ccc(Cl)c(Cl)c2)c2c(O)c3ccccc3oc2=O)c(OC)c2c1OCO2. The molecule has 1 aromatic heterocycles. The maximum absolute atomic E-state index is 13.3. The van der Waals surface area contributed by atoms with Gasteiger partial charge in [-0.15, -0.1) is 0 Å². The third-order valence-corrected chi connectivity index (χ3v) is 7.16. The molecule has 0 aliphatic carbocycles. The molecule has 0 bridgehead atoms. The number of hydrogen-bond donors (Lipinski definition) is 2. The van der Waals surface area contributed by atoms with Crippen LogP contribution >= 0.6 is 23.2 Å². The quantitative estimate of drug-likeness (QED) is 0.270. The van der Waals surface area contributed by atoms with Gasteiger partial charge in [0.1, 0.15) is 11.3 Å². The van der Waals surface area contributed by atoms with Crippen molar-refractivity contribution >= 4 is 40.1 Å². The Labute approximate surface area is 232 Å². The number of methoxy groups -OCH3 is 2. The van der Waals surface area contributed by atoms with Crippen LogP contribution in [0.25, 0.3) is 11.0 Å². The molecule has 1 unspecified atom stereocenters. The number of benzene rings is 3. The van der Waals surface area contributed by atoms with E-state index in [-0.39, 0.29) is 48.2 Å². The van der Waals surface area contributed by atoms with E-state index in [1.54, 1.807) is 48.5 Å². The van der Waals surface area contributed by atoms with Crippen LogP contribution in [-0.2, 0) is 11.3 Å². The minimum atomic E-state index is -1.02. The first-order valence-corrected chi connectivity index (χ1v) is 12.6. The number of para-hydroxylation sites is 1. The van der Waals surface area contributed by atoms with E-state index in [0.29, 0.717) is 32.5 Å². The number of carbonyl (C=O) groups is 1. The van der Waals surface area contributed by atoms with Crippen molar-refractivity contribution in [2.24, 2.45) is 0 Å². The minimum Gasteiger partial charge on any atom is -0.507 e. The summed E-state index contributed by atoms with van der Waals surface area (Å²) in [6.45, 7) is 0.0893. The second-order valence-corrected chi connectivity index (χ2v) is 9.51. The first-order valence-electron chi connectivity index (χ1n) is 11.8. The molecule has 11 heteroatoms. The molecule has 0 fully saturated rings. The molecule has 9 nitrogen and oxygen atoms in total. The molecule has 2 N–H and O–H groups in total. The van der Waals surface area contributed by atoms with Crippen molar-refractivity contribution in [2.45, 2.75) is 18.9 Å². The van der Waals surface area contributed by atoms with Crippen molar-refractivity contribution in [1.82, 2.24) is 5.32 Å². The third-order valence-electron chi connectivity index (χ3n) is 6.42. The van der Waals surface area contributed by atoms with E-state index in [1.807, 2.05) is 0 Å². The van der Waals surface area contributed by atoms with E-state index in [4.69, 9.17) is 46.6 Å².